The van der Waals surface area contributed by atoms with E-state index in [0.29, 0.717) is 10.2 Å². The van der Waals surface area contributed by atoms with Crippen molar-refractivity contribution in [2.45, 2.75) is 6.42 Å². The van der Waals surface area contributed by atoms with Gasteiger partial charge < -0.3 is 14.2 Å². The number of carbonyl (C=O) groups excluding carboxylic acids is 2. The maximum atomic E-state index is 11.9. The van der Waals surface area contributed by atoms with Gasteiger partial charge in [-0.15, -0.1) is 0 Å². The monoisotopic (exact) mass is 434 g/mol. The topological polar surface area (TPSA) is 86.2 Å². The molecule has 0 unspecified atom stereocenters. The fraction of sp³-hybridized carbons (Fsp3) is 0.211. The fourth-order valence-electron chi connectivity index (χ4n) is 2.06. The van der Waals surface area contributed by atoms with Crippen molar-refractivity contribution in [3.8, 4) is 11.5 Å². The fourth-order valence-corrected chi connectivity index (χ4v) is 2.57. The van der Waals surface area contributed by atoms with E-state index in [1.54, 1.807) is 37.4 Å². The van der Waals surface area contributed by atoms with Crippen molar-refractivity contribution in [2.24, 2.45) is 5.10 Å². The van der Waals surface area contributed by atoms with Crippen molar-refractivity contribution >= 4 is 34.0 Å². The number of nitrogens with one attached hydrogen (secondary N) is 1. The SMILES string of the molecule is COC(=O)COc1ccc(/C=N/NC(=O)Cc2ccc(OC)cc2)cc1Br. The number of halogens is 1. The minimum Gasteiger partial charge on any atom is -0.497 e. The van der Waals surface area contributed by atoms with Gasteiger partial charge in [0.15, 0.2) is 6.61 Å². The van der Waals surface area contributed by atoms with Crippen molar-refractivity contribution in [3.05, 3.63) is 58.1 Å². The second kappa shape index (κ2) is 10.3. The predicted molar refractivity (Wildman–Crippen MR) is 104 cm³/mol. The summed E-state index contributed by atoms with van der Waals surface area (Å²) in [5, 5.41) is 3.94. The Kier molecular flexibility index (Phi) is 7.81. The van der Waals surface area contributed by atoms with Crippen LogP contribution in [0.25, 0.3) is 0 Å². The lowest BCUT2D eigenvalue weighted by Crippen LogP contribution is -2.19. The van der Waals surface area contributed by atoms with E-state index in [-0.39, 0.29) is 18.9 Å². The van der Waals surface area contributed by atoms with E-state index in [1.807, 2.05) is 12.1 Å². The maximum absolute atomic E-state index is 11.9. The molecule has 27 heavy (non-hydrogen) atoms. The molecule has 0 bridgehead atoms. The molecule has 1 amide bonds. The zero-order chi connectivity index (χ0) is 19.6. The highest BCUT2D eigenvalue weighted by molar-refractivity contribution is 9.10. The molecule has 0 fully saturated rings. The van der Waals surface area contributed by atoms with Crippen LogP contribution in [0.4, 0.5) is 0 Å². The highest BCUT2D eigenvalue weighted by Gasteiger charge is 2.06. The van der Waals surface area contributed by atoms with Crippen LogP contribution in [0.3, 0.4) is 0 Å². The van der Waals surface area contributed by atoms with Crippen LogP contribution >= 0.6 is 15.9 Å². The summed E-state index contributed by atoms with van der Waals surface area (Å²) in [5.74, 6) is 0.545. The molecule has 8 heteroatoms. The van der Waals surface area contributed by atoms with Crippen molar-refractivity contribution in [2.75, 3.05) is 20.8 Å². The first-order valence-corrected chi connectivity index (χ1v) is 8.75. The first-order valence-electron chi connectivity index (χ1n) is 7.96. The molecule has 1 N–H and O–H groups in total. The lowest BCUT2D eigenvalue weighted by Gasteiger charge is -2.07. The van der Waals surface area contributed by atoms with E-state index in [9.17, 15) is 9.59 Å². The molecule has 0 aliphatic carbocycles. The molecule has 7 nitrogen and oxygen atoms in total. The number of carbonyl (C=O) groups is 2. The van der Waals surface area contributed by atoms with Crippen LogP contribution in [0, 0.1) is 0 Å². The Hall–Kier alpha value is -2.87. The molecule has 142 valence electrons. The van der Waals surface area contributed by atoms with Gasteiger partial charge in [0.2, 0.25) is 5.91 Å². The molecule has 0 atom stereocenters. The molecular formula is C19H19BrN2O5. The summed E-state index contributed by atoms with van der Waals surface area (Å²) < 4.78 is 15.6. The van der Waals surface area contributed by atoms with Gasteiger partial charge in [-0.25, -0.2) is 10.2 Å². The van der Waals surface area contributed by atoms with Crippen LogP contribution in [0.5, 0.6) is 11.5 Å². The molecule has 0 aromatic heterocycles. The van der Waals surface area contributed by atoms with Crippen molar-refractivity contribution in [1.82, 2.24) is 5.43 Å². The third-order valence-corrected chi connectivity index (χ3v) is 4.08. The van der Waals surface area contributed by atoms with Crippen molar-refractivity contribution < 1.29 is 23.8 Å². The van der Waals surface area contributed by atoms with Crippen LogP contribution in [0.15, 0.2) is 52.0 Å². The number of benzene rings is 2. The zero-order valence-corrected chi connectivity index (χ0v) is 16.5. The summed E-state index contributed by atoms with van der Waals surface area (Å²) in [7, 11) is 2.88. The second-order valence-corrected chi connectivity index (χ2v) is 6.23. The molecule has 0 aliphatic heterocycles. The summed E-state index contributed by atoms with van der Waals surface area (Å²) in [6, 6.07) is 12.4. The summed E-state index contributed by atoms with van der Waals surface area (Å²) in [6.45, 7) is -0.177. The number of ether oxygens (including phenoxy) is 3. The van der Waals surface area contributed by atoms with E-state index in [0.717, 1.165) is 16.9 Å². The summed E-state index contributed by atoms with van der Waals surface area (Å²) in [4.78, 5) is 23.0. The number of rotatable bonds is 8. The Labute approximate surface area is 165 Å². The molecular weight excluding hydrogens is 416 g/mol. The average Bonchev–Trinajstić information content (AvgIpc) is 2.67. The summed E-state index contributed by atoms with van der Waals surface area (Å²) in [5.41, 5.74) is 4.09. The Bertz CT molecular complexity index is 821. The molecule has 0 spiro atoms. The lowest BCUT2D eigenvalue weighted by molar-refractivity contribution is -0.142. The van der Waals surface area contributed by atoms with Crippen LogP contribution in [-0.4, -0.2) is 38.9 Å². The molecule has 0 saturated carbocycles. The Morgan fingerprint density at radius 2 is 1.89 bits per heavy atom. The van der Waals surface area contributed by atoms with Crippen LogP contribution in [0.2, 0.25) is 0 Å². The number of methoxy groups -OCH3 is 2. The molecule has 0 aliphatic rings. The van der Waals surface area contributed by atoms with Gasteiger partial charge in [0.1, 0.15) is 11.5 Å². The van der Waals surface area contributed by atoms with E-state index in [2.05, 4.69) is 31.2 Å². The van der Waals surface area contributed by atoms with Gasteiger partial charge in [-0.1, -0.05) is 12.1 Å². The van der Waals surface area contributed by atoms with Gasteiger partial charge in [-0.2, -0.15) is 5.10 Å². The minimum absolute atomic E-state index is 0.177. The normalized spacial score (nSPS) is 10.5. The Morgan fingerprint density at radius 1 is 1.15 bits per heavy atom. The van der Waals surface area contributed by atoms with Crippen LogP contribution < -0.4 is 14.9 Å². The number of esters is 1. The maximum Gasteiger partial charge on any atom is 0.343 e. The molecule has 2 aromatic carbocycles. The zero-order valence-electron chi connectivity index (χ0n) is 14.9. The van der Waals surface area contributed by atoms with E-state index in [4.69, 9.17) is 9.47 Å². The van der Waals surface area contributed by atoms with Crippen LogP contribution in [-0.2, 0) is 20.7 Å². The van der Waals surface area contributed by atoms with Gasteiger partial charge in [0, 0.05) is 0 Å². The molecule has 0 heterocycles. The number of hydrogen-bond acceptors (Lipinski definition) is 6. The number of nitrogens with zero attached hydrogens (tertiary/aromatic N) is 1. The number of hydrazone groups is 1. The van der Waals surface area contributed by atoms with Crippen molar-refractivity contribution in [1.29, 1.82) is 0 Å². The van der Waals surface area contributed by atoms with Crippen molar-refractivity contribution in [3.63, 3.8) is 0 Å². The first-order chi connectivity index (χ1) is 13.0. The Balaban J connectivity index is 1.86. The number of amides is 1. The largest absolute Gasteiger partial charge is 0.497 e. The van der Waals surface area contributed by atoms with E-state index < -0.39 is 5.97 Å². The van der Waals surface area contributed by atoms with Gasteiger partial charge in [-0.05, 0) is 57.4 Å². The minimum atomic E-state index is -0.466. The highest BCUT2D eigenvalue weighted by atomic mass is 79.9. The molecule has 2 aromatic rings. The van der Waals surface area contributed by atoms with E-state index in [1.165, 1.54) is 13.3 Å². The molecule has 0 radical (unpaired) electrons. The van der Waals surface area contributed by atoms with Gasteiger partial charge in [0.05, 0.1) is 31.3 Å². The van der Waals surface area contributed by atoms with E-state index >= 15 is 0 Å². The third-order valence-electron chi connectivity index (χ3n) is 3.46. The average molecular weight is 435 g/mol. The summed E-state index contributed by atoms with van der Waals surface area (Å²) >= 11 is 3.36. The third kappa shape index (κ3) is 6.74. The smallest absolute Gasteiger partial charge is 0.343 e. The van der Waals surface area contributed by atoms with Gasteiger partial charge in [-0.3, -0.25) is 4.79 Å². The predicted octanol–water partition coefficient (Wildman–Crippen LogP) is 2.70. The quantitative estimate of drug-likeness (QED) is 0.392. The Morgan fingerprint density at radius 3 is 2.52 bits per heavy atom. The lowest BCUT2D eigenvalue weighted by atomic mass is 10.1. The van der Waals surface area contributed by atoms with Gasteiger partial charge >= 0.3 is 5.97 Å². The number of hydrogen-bond donors (Lipinski definition) is 1. The molecule has 2 rings (SSSR count). The van der Waals surface area contributed by atoms with Gasteiger partial charge in [0.25, 0.3) is 0 Å². The summed E-state index contributed by atoms with van der Waals surface area (Å²) in [6.07, 6.45) is 1.73. The second-order valence-electron chi connectivity index (χ2n) is 5.37. The standard InChI is InChI=1S/C19H19BrN2O5/c1-25-15-6-3-13(4-7-15)10-18(23)22-21-11-14-5-8-17(16(20)9-14)27-12-19(24)26-2/h3-9,11H,10,12H2,1-2H3,(H,22,23)/b21-11+. The highest BCUT2D eigenvalue weighted by Crippen LogP contribution is 2.25. The van der Waals surface area contributed by atoms with Crippen LogP contribution in [0.1, 0.15) is 11.1 Å². The first kappa shape index (κ1) is 20.4. The molecule has 0 saturated heterocycles.